The zero-order valence-corrected chi connectivity index (χ0v) is 40.1. The maximum atomic E-state index is 12.3. The average molecular weight is 943 g/mol. The molecule has 0 atom stereocenters. The molecule has 0 spiro atoms. The first-order chi connectivity index (χ1) is 35.5. The van der Waals surface area contributed by atoms with E-state index in [0.29, 0.717) is 0 Å². The molecule has 1 heterocycles. The van der Waals surface area contributed by atoms with Gasteiger partial charge in [0.1, 0.15) is 10.7 Å². The lowest BCUT2D eigenvalue weighted by atomic mass is 9.89. The van der Waals surface area contributed by atoms with Crippen LogP contribution in [0.5, 0.6) is 0 Å². The van der Waals surface area contributed by atoms with Crippen molar-refractivity contribution in [3.05, 3.63) is 266 Å². The van der Waals surface area contributed by atoms with E-state index in [0.717, 1.165) is 83.1 Å². The summed E-state index contributed by atoms with van der Waals surface area (Å²) in [5.41, 5.74) is 16.1. The van der Waals surface area contributed by atoms with E-state index in [1.807, 2.05) is 18.2 Å². The molecule has 0 unspecified atom stereocenters. The minimum atomic E-state index is -2.65. The molecule has 12 aromatic carbocycles. The first-order valence-electron chi connectivity index (χ1n) is 24.4. The van der Waals surface area contributed by atoms with Crippen molar-refractivity contribution in [1.82, 2.24) is 4.57 Å². The van der Waals surface area contributed by atoms with Crippen LogP contribution in [0.4, 0.5) is 17.1 Å². The van der Waals surface area contributed by atoms with Gasteiger partial charge in [0.25, 0.3) is 0 Å². The predicted octanol–water partition coefficient (Wildman–Crippen LogP) is 17.5. The van der Waals surface area contributed by atoms with Crippen LogP contribution >= 0.6 is 0 Å². The van der Waals surface area contributed by atoms with Gasteiger partial charge in [-0.25, -0.2) is 8.42 Å². The van der Waals surface area contributed by atoms with E-state index in [1.54, 1.807) is 0 Å². The van der Waals surface area contributed by atoms with Crippen molar-refractivity contribution in [3.63, 3.8) is 0 Å². The van der Waals surface area contributed by atoms with Gasteiger partial charge in [-0.15, -0.1) is 0 Å². The summed E-state index contributed by atoms with van der Waals surface area (Å²) in [7, 11) is -2.65. The van der Waals surface area contributed by atoms with Gasteiger partial charge in [-0.05, 0) is 126 Å². The van der Waals surface area contributed by atoms with E-state index in [2.05, 4.69) is 252 Å². The van der Waals surface area contributed by atoms with E-state index in [1.165, 1.54) is 43.8 Å². The molecule has 0 amide bonds. The molecule has 0 aliphatic heterocycles. The second-order valence-corrected chi connectivity index (χ2v) is 19.4. The number of aromatic nitrogens is 1. The van der Waals surface area contributed by atoms with Gasteiger partial charge in [0.15, 0.2) is 0 Å². The Balaban J connectivity index is 1.03. The van der Waals surface area contributed by atoms with Gasteiger partial charge < -0.3 is 9.47 Å². The van der Waals surface area contributed by atoms with Gasteiger partial charge in [-0.1, -0.05) is 206 Å². The maximum Gasteiger partial charge on any atom is 0.144 e. The van der Waals surface area contributed by atoms with Gasteiger partial charge >= 0.3 is 0 Å². The van der Waals surface area contributed by atoms with Crippen molar-refractivity contribution in [3.8, 4) is 50.2 Å². The fourth-order valence-electron chi connectivity index (χ4n) is 11.0. The van der Waals surface area contributed by atoms with Crippen LogP contribution in [0.25, 0.3) is 104 Å². The van der Waals surface area contributed by atoms with Gasteiger partial charge in [0, 0.05) is 38.6 Å². The SMILES string of the molecule is O=[SH](=O)Cc1cccc(N(c2cccc(-n3c4ccc(-c5ccccc5)cc4c4cc(-c5ccccc5)ccc43)c2)c2c3ccccc3c(-c3ccc(-c4cccc5ccccc45)cc3)c3ccccc23)c1. The summed E-state index contributed by atoms with van der Waals surface area (Å²) in [6.07, 6.45) is 0. The van der Waals surface area contributed by atoms with Gasteiger partial charge in [0.2, 0.25) is 0 Å². The van der Waals surface area contributed by atoms with Crippen LogP contribution in [0.1, 0.15) is 5.56 Å². The molecule has 0 saturated carbocycles. The molecule has 0 saturated heterocycles. The number of benzene rings is 12. The molecule has 0 aliphatic carbocycles. The minimum absolute atomic E-state index is 0.0520. The molecule has 0 bridgehead atoms. The number of nitrogens with zero attached hydrogens (tertiary/aromatic N) is 2. The number of hydrogen-bond donors (Lipinski definition) is 1. The molecule has 4 nitrogen and oxygen atoms in total. The van der Waals surface area contributed by atoms with Crippen molar-refractivity contribution in [2.24, 2.45) is 0 Å². The highest BCUT2D eigenvalue weighted by molar-refractivity contribution is 7.71. The summed E-state index contributed by atoms with van der Waals surface area (Å²) in [6.45, 7) is 0. The standard InChI is InChI=1S/C67H46N2O2S/c70-72(71)44-45-16-13-23-53(40-45)68(67-60-29-11-9-27-58(60)66(59-28-10-12-30-61(59)67)50-34-32-49(33-35-50)57-31-14-22-48-21-7-8-26-56(48)57)54-24-15-25-55(43-54)69-64-38-36-51(46-17-3-1-4-18-46)41-62(64)63-42-52(37-39-65(63)69)47-19-5-2-6-20-47/h1-43,72H,44H2. The molecule has 72 heavy (non-hydrogen) atoms. The Morgan fingerprint density at radius 1 is 0.347 bits per heavy atom. The monoisotopic (exact) mass is 942 g/mol. The number of hydrogen-bond acceptors (Lipinski definition) is 3. The Labute approximate surface area is 419 Å². The topological polar surface area (TPSA) is 42.3 Å². The minimum Gasteiger partial charge on any atom is -0.309 e. The van der Waals surface area contributed by atoms with Crippen LogP contribution in [-0.2, 0) is 16.5 Å². The first-order valence-corrected chi connectivity index (χ1v) is 25.7. The lowest BCUT2D eigenvalue weighted by Gasteiger charge is -2.30. The quantitative estimate of drug-likeness (QED) is 0.110. The number of anilines is 3. The molecule has 342 valence electrons. The zero-order valence-electron chi connectivity index (χ0n) is 39.2. The van der Waals surface area contributed by atoms with E-state index in [-0.39, 0.29) is 5.75 Å². The van der Waals surface area contributed by atoms with Crippen LogP contribution in [0.3, 0.4) is 0 Å². The van der Waals surface area contributed by atoms with Gasteiger partial charge in [0.05, 0.1) is 22.5 Å². The lowest BCUT2D eigenvalue weighted by Crippen LogP contribution is -2.12. The Morgan fingerprint density at radius 3 is 1.44 bits per heavy atom. The van der Waals surface area contributed by atoms with E-state index < -0.39 is 10.7 Å². The van der Waals surface area contributed by atoms with Crippen molar-refractivity contribution < 1.29 is 8.42 Å². The highest BCUT2D eigenvalue weighted by Gasteiger charge is 2.24. The van der Waals surface area contributed by atoms with Crippen LogP contribution in [0, 0.1) is 0 Å². The fraction of sp³-hybridized carbons (Fsp3) is 0.0149. The second kappa shape index (κ2) is 18.1. The van der Waals surface area contributed by atoms with E-state index in [4.69, 9.17) is 0 Å². The molecule has 13 rings (SSSR count). The highest BCUT2D eigenvalue weighted by Crippen LogP contribution is 2.49. The highest BCUT2D eigenvalue weighted by atomic mass is 32.2. The Morgan fingerprint density at radius 2 is 0.833 bits per heavy atom. The van der Waals surface area contributed by atoms with Crippen molar-refractivity contribution >= 4 is 81.9 Å². The molecule has 0 N–H and O–H groups in total. The molecule has 5 heteroatoms. The summed E-state index contributed by atoms with van der Waals surface area (Å²) in [6, 6.07) is 93.0. The van der Waals surface area contributed by atoms with Crippen LogP contribution < -0.4 is 4.90 Å². The number of fused-ring (bicyclic) bond motifs is 6. The smallest absolute Gasteiger partial charge is 0.144 e. The Hall–Kier alpha value is -9.03. The molecular weight excluding hydrogens is 897 g/mol. The molecular formula is C67H46N2O2S. The summed E-state index contributed by atoms with van der Waals surface area (Å²) in [4.78, 5) is 2.33. The average Bonchev–Trinajstić information content (AvgIpc) is 3.76. The zero-order chi connectivity index (χ0) is 48.1. The molecule has 13 aromatic rings. The van der Waals surface area contributed by atoms with Crippen LogP contribution in [0.15, 0.2) is 261 Å². The third-order valence-electron chi connectivity index (χ3n) is 14.2. The van der Waals surface area contributed by atoms with Crippen molar-refractivity contribution in [1.29, 1.82) is 0 Å². The predicted molar refractivity (Wildman–Crippen MR) is 304 cm³/mol. The van der Waals surface area contributed by atoms with Gasteiger partial charge in [-0.2, -0.15) is 0 Å². The van der Waals surface area contributed by atoms with E-state index >= 15 is 0 Å². The Kier molecular flexibility index (Phi) is 10.8. The fourth-order valence-corrected chi connectivity index (χ4v) is 11.5. The normalized spacial score (nSPS) is 11.6. The summed E-state index contributed by atoms with van der Waals surface area (Å²) in [5, 5.41) is 9.19. The molecule has 1 aromatic heterocycles. The van der Waals surface area contributed by atoms with Gasteiger partial charge in [-0.3, -0.25) is 0 Å². The second-order valence-electron chi connectivity index (χ2n) is 18.5. The summed E-state index contributed by atoms with van der Waals surface area (Å²) < 4.78 is 27.0. The summed E-state index contributed by atoms with van der Waals surface area (Å²) in [5.74, 6) is -0.0520. The lowest BCUT2D eigenvalue weighted by molar-refractivity contribution is 0.614. The number of thiol groups is 1. The van der Waals surface area contributed by atoms with Crippen LogP contribution in [-0.4, -0.2) is 13.0 Å². The molecule has 0 fully saturated rings. The van der Waals surface area contributed by atoms with Crippen molar-refractivity contribution in [2.45, 2.75) is 5.75 Å². The molecule has 0 radical (unpaired) electrons. The summed E-state index contributed by atoms with van der Waals surface area (Å²) >= 11 is 0. The number of rotatable bonds is 10. The third kappa shape index (κ3) is 7.59. The van der Waals surface area contributed by atoms with Crippen LogP contribution in [0.2, 0.25) is 0 Å². The largest absolute Gasteiger partial charge is 0.309 e. The molecule has 0 aliphatic rings. The van der Waals surface area contributed by atoms with E-state index in [9.17, 15) is 8.42 Å². The van der Waals surface area contributed by atoms with Crippen molar-refractivity contribution in [2.75, 3.05) is 4.90 Å². The maximum absolute atomic E-state index is 12.3. The Bertz CT molecular complexity index is 4120. The first kappa shape index (κ1) is 43.0. The third-order valence-corrected chi connectivity index (χ3v) is 14.8.